The summed E-state index contributed by atoms with van der Waals surface area (Å²) in [6, 6.07) is 6.98. The summed E-state index contributed by atoms with van der Waals surface area (Å²) < 4.78 is 25.1. The van der Waals surface area contributed by atoms with Gasteiger partial charge < -0.3 is 10.5 Å². The molecule has 0 amide bonds. The summed E-state index contributed by atoms with van der Waals surface area (Å²) in [7, 11) is -3.64. The number of nitrogens with one attached hydrogen (secondary N) is 2. The molecule has 2 rings (SSSR count). The minimum Gasteiger partial charge on any atom is -0.478 e. The average molecular weight is 373 g/mol. The molecule has 0 bridgehead atoms. The maximum absolute atomic E-state index is 12.1. The summed E-state index contributed by atoms with van der Waals surface area (Å²) in [6.45, 7) is 0. The van der Waals surface area contributed by atoms with Crippen molar-refractivity contribution in [3.8, 4) is 0 Å². The van der Waals surface area contributed by atoms with Crippen LogP contribution in [-0.4, -0.2) is 24.7 Å². The molecule has 1 aliphatic rings. The van der Waals surface area contributed by atoms with E-state index in [1.165, 1.54) is 18.2 Å². The fourth-order valence-electron chi connectivity index (χ4n) is 1.73. The minimum absolute atomic E-state index is 0.0994. The van der Waals surface area contributed by atoms with E-state index in [2.05, 4.69) is 26.2 Å². The molecule has 1 atom stereocenters. The number of hydrogen-bond acceptors (Lipinski definition) is 4. The van der Waals surface area contributed by atoms with E-state index in [1.807, 2.05) is 0 Å². The first-order valence-corrected chi connectivity index (χ1v) is 8.36. The molecule has 0 saturated carbocycles. The van der Waals surface area contributed by atoms with Crippen LogP contribution in [0.1, 0.15) is 6.42 Å². The van der Waals surface area contributed by atoms with Crippen molar-refractivity contribution in [2.75, 3.05) is 5.43 Å². The second kappa shape index (κ2) is 6.42. The lowest BCUT2D eigenvalue weighted by atomic mass is 10.1. The molecule has 0 radical (unpaired) electrons. The van der Waals surface area contributed by atoms with Crippen molar-refractivity contribution in [2.45, 2.75) is 11.7 Å². The van der Waals surface area contributed by atoms with Gasteiger partial charge in [-0.1, -0.05) is 34.2 Å². The zero-order chi connectivity index (χ0) is 15.5. The van der Waals surface area contributed by atoms with E-state index in [1.54, 1.807) is 24.3 Å². The summed E-state index contributed by atoms with van der Waals surface area (Å²) in [5.74, 6) is -1.07. The SMILES string of the molecule is O=C(O)C1=CCC(S(=O)(=O)NNc2ccc(Br)cc2)C=C1. The van der Waals surface area contributed by atoms with E-state index in [4.69, 9.17) is 5.11 Å². The number of benzene rings is 1. The highest BCUT2D eigenvalue weighted by atomic mass is 79.9. The van der Waals surface area contributed by atoms with Gasteiger partial charge in [0.1, 0.15) is 0 Å². The third kappa shape index (κ3) is 4.16. The van der Waals surface area contributed by atoms with E-state index in [9.17, 15) is 13.2 Å². The normalized spacial score (nSPS) is 18.1. The second-order valence-corrected chi connectivity index (χ2v) is 7.19. The Hall–Kier alpha value is -1.64. The Morgan fingerprint density at radius 2 is 1.95 bits per heavy atom. The molecule has 0 spiro atoms. The zero-order valence-electron chi connectivity index (χ0n) is 10.8. The number of allylic oxidation sites excluding steroid dienone is 1. The molecule has 3 N–H and O–H groups in total. The number of sulfonamides is 1. The first-order chi connectivity index (χ1) is 9.88. The number of rotatable bonds is 5. The van der Waals surface area contributed by atoms with E-state index in [0.717, 1.165) is 4.47 Å². The zero-order valence-corrected chi connectivity index (χ0v) is 13.2. The van der Waals surface area contributed by atoms with E-state index in [0.29, 0.717) is 5.69 Å². The predicted octanol–water partition coefficient (Wildman–Crippen LogP) is 2.03. The Labute approximate surface area is 130 Å². The molecule has 0 aromatic heterocycles. The first kappa shape index (κ1) is 15.7. The van der Waals surface area contributed by atoms with E-state index >= 15 is 0 Å². The Bertz CT molecular complexity index is 695. The van der Waals surface area contributed by atoms with Crippen LogP contribution in [0.2, 0.25) is 0 Å². The van der Waals surface area contributed by atoms with Gasteiger partial charge in [-0.15, -0.1) is 4.83 Å². The average Bonchev–Trinajstić information content (AvgIpc) is 2.47. The maximum atomic E-state index is 12.1. The molecule has 21 heavy (non-hydrogen) atoms. The summed E-state index contributed by atoms with van der Waals surface area (Å²) in [4.78, 5) is 13.0. The van der Waals surface area contributed by atoms with Gasteiger partial charge in [0.25, 0.3) is 0 Å². The quantitative estimate of drug-likeness (QED) is 0.687. The maximum Gasteiger partial charge on any atom is 0.335 e. The van der Waals surface area contributed by atoms with Crippen molar-refractivity contribution in [1.82, 2.24) is 4.83 Å². The fraction of sp³-hybridized carbons (Fsp3) is 0.154. The molecule has 0 saturated heterocycles. The van der Waals surface area contributed by atoms with Crippen molar-refractivity contribution in [3.63, 3.8) is 0 Å². The molecule has 0 aliphatic heterocycles. The standard InChI is InChI=1S/C13H13BrN2O4S/c14-10-3-5-11(6-4-10)15-16-21(19,20)12-7-1-9(2-8-12)13(17)18/h1-7,12,15-16H,8H2,(H,17,18). The first-order valence-electron chi connectivity index (χ1n) is 6.02. The smallest absolute Gasteiger partial charge is 0.335 e. The van der Waals surface area contributed by atoms with Crippen LogP contribution in [0.3, 0.4) is 0 Å². The van der Waals surface area contributed by atoms with Crippen LogP contribution in [0.15, 0.2) is 52.5 Å². The van der Waals surface area contributed by atoms with Gasteiger partial charge in [0.05, 0.1) is 10.8 Å². The van der Waals surface area contributed by atoms with Gasteiger partial charge >= 0.3 is 5.97 Å². The Morgan fingerprint density at radius 1 is 1.29 bits per heavy atom. The van der Waals surface area contributed by atoms with Gasteiger partial charge in [0, 0.05) is 10.2 Å². The van der Waals surface area contributed by atoms with Crippen molar-refractivity contribution in [1.29, 1.82) is 0 Å². The number of hydrazine groups is 1. The number of hydrogen-bond donors (Lipinski definition) is 3. The summed E-state index contributed by atoms with van der Waals surface area (Å²) in [5, 5.41) is 8.00. The van der Waals surface area contributed by atoms with Crippen LogP contribution in [0.25, 0.3) is 0 Å². The van der Waals surface area contributed by atoms with Gasteiger partial charge in [-0.05, 0) is 30.7 Å². The molecular formula is C13H13BrN2O4S. The Kier molecular flexibility index (Phi) is 4.81. The summed E-state index contributed by atoms with van der Waals surface area (Å²) in [6.07, 6.45) is 4.19. The summed E-state index contributed by atoms with van der Waals surface area (Å²) >= 11 is 3.29. The molecule has 1 unspecified atom stereocenters. The lowest BCUT2D eigenvalue weighted by molar-refractivity contribution is -0.132. The minimum atomic E-state index is -3.64. The Balaban J connectivity index is 1.99. The number of halogens is 1. The number of aliphatic carboxylic acids is 1. The van der Waals surface area contributed by atoms with Crippen molar-refractivity contribution < 1.29 is 18.3 Å². The third-order valence-corrected chi connectivity index (χ3v) is 4.95. The molecule has 112 valence electrons. The van der Waals surface area contributed by atoms with Crippen LogP contribution in [0, 0.1) is 0 Å². The lowest BCUT2D eigenvalue weighted by Crippen LogP contribution is -2.37. The van der Waals surface area contributed by atoms with Crippen molar-refractivity contribution in [3.05, 3.63) is 52.5 Å². The highest BCUT2D eigenvalue weighted by molar-refractivity contribution is 9.10. The number of carbonyl (C=O) groups is 1. The largest absolute Gasteiger partial charge is 0.478 e. The third-order valence-electron chi connectivity index (χ3n) is 2.89. The fourth-order valence-corrected chi connectivity index (χ4v) is 3.04. The Morgan fingerprint density at radius 3 is 2.48 bits per heavy atom. The molecule has 8 heteroatoms. The van der Waals surface area contributed by atoms with Crippen molar-refractivity contribution in [2.24, 2.45) is 0 Å². The molecular weight excluding hydrogens is 360 g/mol. The van der Waals surface area contributed by atoms with Crippen LogP contribution in [0.5, 0.6) is 0 Å². The van der Waals surface area contributed by atoms with Crippen LogP contribution in [0.4, 0.5) is 5.69 Å². The molecule has 0 fully saturated rings. The number of carboxylic acid groups (broad SMARTS) is 1. The molecule has 1 aromatic rings. The topological polar surface area (TPSA) is 95.5 Å². The van der Waals surface area contributed by atoms with Gasteiger partial charge in [0.2, 0.25) is 10.0 Å². The molecule has 0 heterocycles. The van der Waals surface area contributed by atoms with Gasteiger partial charge in [-0.25, -0.2) is 13.2 Å². The molecule has 6 nitrogen and oxygen atoms in total. The van der Waals surface area contributed by atoms with E-state index < -0.39 is 21.2 Å². The second-order valence-electron chi connectivity index (χ2n) is 4.38. The molecule has 1 aliphatic carbocycles. The van der Waals surface area contributed by atoms with Gasteiger partial charge in [0.15, 0.2) is 0 Å². The number of anilines is 1. The van der Waals surface area contributed by atoms with E-state index in [-0.39, 0.29) is 12.0 Å². The van der Waals surface area contributed by atoms with Crippen molar-refractivity contribution >= 4 is 37.6 Å². The highest BCUT2D eigenvalue weighted by Crippen LogP contribution is 2.17. The lowest BCUT2D eigenvalue weighted by Gasteiger charge is -2.17. The summed E-state index contributed by atoms with van der Waals surface area (Å²) in [5.41, 5.74) is 3.31. The number of carboxylic acids is 1. The van der Waals surface area contributed by atoms with Crippen LogP contribution < -0.4 is 10.3 Å². The monoisotopic (exact) mass is 372 g/mol. The van der Waals surface area contributed by atoms with Gasteiger partial charge in [-0.2, -0.15) is 0 Å². The van der Waals surface area contributed by atoms with Gasteiger partial charge in [-0.3, -0.25) is 0 Å². The molecule has 1 aromatic carbocycles. The van der Waals surface area contributed by atoms with Crippen LogP contribution in [-0.2, 0) is 14.8 Å². The van der Waals surface area contributed by atoms with Crippen LogP contribution >= 0.6 is 15.9 Å². The highest BCUT2D eigenvalue weighted by Gasteiger charge is 2.25. The predicted molar refractivity (Wildman–Crippen MR) is 83.1 cm³/mol.